The van der Waals surface area contributed by atoms with E-state index in [1.54, 1.807) is 41.7 Å². The second-order valence-electron chi connectivity index (χ2n) is 5.94. The molecule has 0 bridgehead atoms. The standard InChI is InChI=1S/C19H20N2O4S/c1-13(19-20-15-7-3-4-8-16(15)26-19)21(2)17(22)12-25-18(23)10-9-14-6-5-11-24-14/h3-8,11,13H,9-10,12H2,1-2H3/t13-/m0/s1. The average molecular weight is 372 g/mol. The molecule has 3 rings (SSSR count). The first kappa shape index (κ1) is 18.1. The Balaban J connectivity index is 1.51. The molecule has 0 spiro atoms. The van der Waals surface area contributed by atoms with Crippen LogP contribution in [0, 0.1) is 0 Å². The van der Waals surface area contributed by atoms with Gasteiger partial charge in [-0.2, -0.15) is 0 Å². The van der Waals surface area contributed by atoms with Crippen LogP contribution < -0.4 is 0 Å². The van der Waals surface area contributed by atoms with E-state index in [-0.39, 0.29) is 25.0 Å². The van der Waals surface area contributed by atoms with Gasteiger partial charge >= 0.3 is 5.97 Å². The Labute approximate surface area is 155 Å². The van der Waals surface area contributed by atoms with E-state index in [0.717, 1.165) is 21.0 Å². The van der Waals surface area contributed by atoms with Crippen LogP contribution in [0.25, 0.3) is 10.2 Å². The maximum Gasteiger partial charge on any atom is 0.306 e. The number of nitrogens with zero attached hydrogens (tertiary/aromatic N) is 2. The number of amides is 1. The summed E-state index contributed by atoms with van der Waals surface area (Å²) in [5, 5.41) is 0.853. The highest BCUT2D eigenvalue weighted by atomic mass is 32.1. The highest BCUT2D eigenvalue weighted by molar-refractivity contribution is 7.18. The first-order chi connectivity index (χ1) is 12.5. The molecular formula is C19H20N2O4S. The summed E-state index contributed by atoms with van der Waals surface area (Å²) in [4.78, 5) is 30.2. The van der Waals surface area contributed by atoms with E-state index < -0.39 is 5.97 Å². The fraction of sp³-hybridized carbons (Fsp3) is 0.316. The second kappa shape index (κ2) is 8.14. The van der Waals surface area contributed by atoms with Crippen LogP contribution in [0.5, 0.6) is 0 Å². The molecule has 3 aromatic rings. The lowest BCUT2D eigenvalue weighted by molar-refractivity contribution is -0.152. The fourth-order valence-corrected chi connectivity index (χ4v) is 3.51. The fourth-order valence-electron chi connectivity index (χ4n) is 2.45. The monoisotopic (exact) mass is 372 g/mol. The summed E-state index contributed by atoms with van der Waals surface area (Å²) in [5.41, 5.74) is 0.921. The Morgan fingerprint density at radius 1 is 1.27 bits per heavy atom. The minimum Gasteiger partial charge on any atom is -0.469 e. The van der Waals surface area contributed by atoms with Crippen LogP contribution in [-0.4, -0.2) is 35.4 Å². The number of likely N-dealkylation sites (N-methyl/N-ethyl adjacent to an activating group) is 1. The van der Waals surface area contributed by atoms with Gasteiger partial charge in [-0.15, -0.1) is 11.3 Å². The Morgan fingerprint density at radius 3 is 2.81 bits per heavy atom. The molecule has 26 heavy (non-hydrogen) atoms. The predicted molar refractivity (Wildman–Crippen MR) is 98.8 cm³/mol. The van der Waals surface area contributed by atoms with Gasteiger partial charge in [-0.3, -0.25) is 9.59 Å². The van der Waals surface area contributed by atoms with Crippen molar-refractivity contribution in [3.8, 4) is 0 Å². The van der Waals surface area contributed by atoms with Crippen molar-refractivity contribution < 1.29 is 18.7 Å². The highest BCUT2D eigenvalue weighted by Crippen LogP contribution is 2.28. The number of benzene rings is 1. The maximum absolute atomic E-state index is 12.3. The largest absolute Gasteiger partial charge is 0.469 e. The van der Waals surface area contributed by atoms with Crippen molar-refractivity contribution >= 4 is 33.4 Å². The van der Waals surface area contributed by atoms with E-state index in [1.807, 2.05) is 31.2 Å². The average Bonchev–Trinajstić information content (AvgIpc) is 3.32. The molecule has 0 fully saturated rings. The molecule has 0 aliphatic carbocycles. The number of aromatic nitrogens is 1. The van der Waals surface area contributed by atoms with Gasteiger partial charge in [0.2, 0.25) is 0 Å². The first-order valence-electron chi connectivity index (χ1n) is 8.33. The van der Waals surface area contributed by atoms with Crippen molar-refractivity contribution in [2.75, 3.05) is 13.7 Å². The zero-order valence-corrected chi connectivity index (χ0v) is 15.5. The quantitative estimate of drug-likeness (QED) is 0.593. The third-order valence-electron chi connectivity index (χ3n) is 4.15. The van der Waals surface area contributed by atoms with Gasteiger partial charge in [0.25, 0.3) is 5.91 Å². The molecule has 0 saturated heterocycles. The molecule has 1 amide bonds. The summed E-state index contributed by atoms with van der Waals surface area (Å²) in [6.45, 7) is 1.64. The molecule has 0 saturated carbocycles. The number of fused-ring (bicyclic) bond motifs is 1. The normalized spacial score (nSPS) is 12.1. The Bertz CT molecular complexity index is 855. The first-order valence-corrected chi connectivity index (χ1v) is 9.15. The van der Waals surface area contributed by atoms with Crippen molar-refractivity contribution in [1.82, 2.24) is 9.88 Å². The van der Waals surface area contributed by atoms with E-state index in [0.29, 0.717) is 6.42 Å². The van der Waals surface area contributed by atoms with Crippen molar-refractivity contribution in [1.29, 1.82) is 0 Å². The number of rotatable bonds is 7. The topological polar surface area (TPSA) is 72.6 Å². The van der Waals surface area contributed by atoms with Crippen molar-refractivity contribution in [3.63, 3.8) is 0 Å². The summed E-state index contributed by atoms with van der Waals surface area (Å²) in [5.74, 6) is 0.0359. The van der Waals surface area contributed by atoms with Crippen molar-refractivity contribution in [2.24, 2.45) is 0 Å². The number of para-hydroxylation sites is 1. The van der Waals surface area contributed by atoms with Gasteiger partial charge in [-0.05, 0) is 31.2 Å². The number of thiazole rings is 1. The van der Waals surface area contributed by atoms with Crippen LogP contribution in [0.1, 0.15) is 30.2 Å². The highest BCUT2D eigenvalue weighted by Gasteiger charge is 2.21. The summed E-state index contributed by atoms with van der Waals surface area (Å²) in [7, 11) is 1.69. The number of ether oxygens (including phenoxy) is 1. The minimum atomic E-state index is -0.421. The molecule has 7 heteroatoms. The van der Waals surface area contributed by atoms with Crippen LogP contribution in [-0.2, 0) is 20.7 Å². The van der Waals surface area contributed by atoms with E-state index in [2.05, 4.69) is 4.98 Å². The summed E-state index contributed by atoms with van der Waals surface area (Å²) in [6.07, 6.45) is 2.19. The van der Waals surface area contributed by atoms with E-state index in [4.69, 9.17) is 9.15 Å². The number of hydrogen-bond acceptors (Lipinski definition) is 6. The lowest BCUT2D eigenvalue weighted by Gasteiger charge is -2.23. The Kier molecular flexibility index (Phi) is 5.68. The van der Waals surface area contributed by atoms with Gasteiger partial charge in [0, 0.05) is 13.5 Å². The van der Waals surface area contributed by atoms with Crippen LogP contribution in [0.2, 0.25) is 0 Å². The summed E-state index contributed by atoms with van der Waals surface area (Å²) in [6, 6.07) is 11.2. The number of carbonyl (C=O) groups is 2. The third kappa shape index (κ3) is 4.29. The molecule has 0 radical (unpaired) electrons. The van der Waals surface area contributed by atoms with Gasteiger partial charge in [-0.25, -0.2) is 4.98 Å². The number of furan rings is 1. The summed E-state index contributed by atoms with van der Waals surface area (Å²) >= 11 is 1.56. The lowest BCUT2D eigenvalue weighted by Crippen LogP contribution is -2.33. The minimum absolute atomic E-state index is 0.179. The zero-order valence-electron chi connectivity index (χ0n) is 14.7. The summed E-state index contributed by atoms with van der Waals surface area (Å²) < 4.78 is 11.3. The molecule has 136 valence electrons. The van der Waals surface area contributed by atoms with Gasteiger partial charge in [0.05, 0.1) is 28.9 Å². The van der Waals surface area contributed by atoms with Crippen LogP contribution in [0.4, 0.5) is 0 Å². The lowest BCUT2D eigenvalue weighted by atomic mass is 10.2. The van der Waals surface area contributed by atoms with Gasteiger partial charge in [0.15, 0.2) is 6.61 Å². The van der Waals surface area contributed by atoms with E-state index in [1.165, 1.54) is 0 Å². The molecule has 0 aliphatic rings. The number of esters is 1. The van der Waals surface area contributed by atoms with Crippen molar-refractivity contribution in [2.45, 2.75) is 25.8 Å². The second-order valence-corrected chi connectivity index (χ2v) is 7.00. The SMILES string of the molecule is C[C@@H](c1nc2ccccc2s1)N(C)C(=O)COC(=O)CCc1ccco1. The molecule has 1 atom stereocenters. The molecule has 0 aliphatic heterocycles. The molecule has 6 nitrogen and oxygen atoms in total. The van der Waals surface area contributed by atoms with Crippen LogP contribution in [0.15, 0.2) is 47.1 Å². The zero-order chi connectivity index (χ0) is 18.5. The Morgan fingerprint density at radius 2 is 2.08 bits per heavy atom. The maximum atomic E-state index is 12.3. The number of hydrogen-bond donors (Lipinski definition) is 0. The smallest absolute Gasteiger partial charge is 0.306 e. The molecule has 2 heterocycles. The van der Waals surface area contributed by atoms with Gasteiger partial charge in [-0.1, -0.05) is 12.1 Å². The van der Waals surface area contributed by atoms with Gasteiger partial charge in [0.1, 0.15) is 10.8 Å². The van der Waals surface area contributed by atoms with Crippen LogP contribution in [0.3, 0.4) is 0 Å². The van der Waals surface area contributed by atoms with Crippen LogP contribution >= 0.6 is 11.3 Å². The Hall–Kier alpha value is -2.67. The predicted octanol–water partition coefficient (Wildman–Crippen LogP) is 3.58. The van der Waals surface area contributed by atoms with E-state index >= 15 is 0 Å². The molecule has 0 N–H and O–H groups in total. The van der Waals surface area contributed by atoms with Gasteiger partial charge < -0.3 is 14.1 Å². The third-order valence-corrected chi connectivity index (χ3v) is 5.36. The molecule has 2 aromatic heterocycles. The molecular weight excluding hydrogens is 352 g/mol. The van der Waals surface area contributed by atoms with E-state index in [9.17, 15) is 9.59 Å². The number of carbonyl (C=O) groups excluding carboxylic acids is 2. The molecule has 0 unspecified atom stereocenters. The molecule has 1 aromatic carbocycles. The van der Waals surface area contributed by atoms with Crippen molar-refractivity contribution in [3.05, 3.63) is 53.4 Å². The number of aryl methyl sites for hydroxylation is 1.